The molecule has 3 amide bonds. The number of hydrogen-bond donors (Lipinski definition) is 1. The first-order valence-corrected chi connectivity index (χ1v) is 9.01. The van der Waals surface area contributed by atoms with E-state index in [0.717, 1.165) is 28.9 Å². The first-order chi connectivity index (χ1) is 13.1. The summed E-state index contributed by atoms with van der Waals surface area (Å²) in [6.07, 6.45) is 2.24. The molecule has 7 heteroatoms. The van der Waals surface area contributed by atoms with Crippen LogP contribution in [0.2, 0.25) is 0 Å². The van der Waals surface area contributed by atoms with E-state index in [-0.39, 0.29) is 24.2 Å². The Labute approximate surface area is 157 Å². The van der Waals surface area contributed by atoms with E-state index < -0.39 is 0 Å². The lowest BCUT2D eigenvalue weighted by Crippen LogP contribution is -2.51. The number of benzene rings is 1. The highest BCUT2D eigenvalue weighted by atomic mass is 16.5. The number of nitrogens with one attached hydrogen (secondary N) is 1. The molecule has 4 rings (SSSR count). The number of rotatable bonds is 2. The minimum Gasteiger partial charge on any atom is -0.453 e. The van der Waals surface area contributed by atoms with Crippen molar-refractivity contribution in [2.45, 2.75) is 25.4 Å². The van der Waals surface area contributed by atoms with E-state index >= 15 is 0 Å². The van der Waals surface area contributed by atoms with Gasteiger partial charge in [-0.1, -0.05) is 12.1 Å². The number of anilines is 1. The lowest BCUT2D eigenvalue weighted by atomic mass is 10.0. The quantitative estimate of drug-likeness (QED) is 0.886. The molecule has 140 valence electrons. The molecule has 1 N–H and O–H groups in total. The fraction of sp³-hybridized carbons (Fsp3) is 0.350. The predicted octanol–water partition coefficient (Wildman–Crippen LogP) is 3.11. The van der Waals surface area contributed by atoms with E-state index in [2.05, 4.69) is 10.3 Å². The van der Waals surface area contributed by atoms with Crippen molar-refractivity contribution in [3.63, 3.8) is 0 Å². The van der Waals surface area contributed by atoms with Crippen LogP contribution in [0.1, 0.15) is 12.0 Å². The van der Waals surface area contributed by atoms with Crippen LogP contribution in [0.15, 0.2) is 42.6 Å². The van der Waals surface area contributed by atoms with Gasteiger partial charge in [-0.05, 0) is 43.2 Å². The molecule has 7 nitrogen and oxygen atoms in total. The molecular formula is C20H22N4O3. The van der Waals surface area contributed by atoms with Gasteiger partial charge in [-0.15, -0.1) is 0 Å². The Hall–Kier alpha value is -3.09. The highest BCUT2D eigenvalue weighted by molar-refractivity contribution is 5.91. The topological polar surface area (TPSA) is 74.8 Å². The molecule has 1 aromatic heterocycles. The van der Waals surface area contributed by atoms with Crippen LogP contribution >= 0.6 is 0 Å². The molecule has 27 heavy (non-hydrogen) atoms. The van der Waals surface area contributed by atoms with Crippen molar-refractivity contribution in [2.75, 3.05) is 25.5 Å². The van der Waals surface area contributed by atoms with Gasteiger partial charge in [0.25, 0.3) is 0 Å². The molecule has 2 aromatic rings. The minimum absolute atomic E-state index is 0.0369. The number of pyridine rings is 1. The summed E-state index contributed by atoms with van der Waals surface area (Å²) >= 11 is 0. The van der Waals surface area contributed by atoms with E-state index in [1.165, 1.54) is 7.11 Å². The van der Waals surface area contributed by atoms with Crippen molar-refractivity contribution < 1.29 is 14.3 Å². The van der Waals surface area contributed by atoms with Crippen LogP contribution in [0.3, 0.4) is 0 Å². The van der Waals surface area contributed by atoms with E-state index in [9.17, 15) is 9.59 Å². The molecule has 1 aromatic carbocycles. The Morgan fingerprint density at radius 3 is 2.59 bits per heavy atom. The summed E-state index contributed by atoms with van der Waals surface area (Å²) in [6, 6.07) is 11.5. The Morgan fingerprint density at radius 1 is 1.15 bits per heavy atom. The third-order valence-corrected chi connectivity index (χ3v) is 5.34. The van der Waals surface area contributed by atoms with Crippen molar-refractivity contribution in [3.05, 3.63) is 48.2 Å². The number of hydrogen-bond acceptors (Lipinski definition) is 4. The maximum absolute atomic E-state index is 12.7. The first-order valence-electron chi connectivity index (χ1n) is 9.01. The van der Waals surface area contributed by atoms with Crippen molar-refractivity contribution in [2.24, 2.45) is 0 Å². The number of likely N-dealkylation sites (tertiary alicyclic amines) is 2. The zero-order chi connectivity index (χ0) is 19.0. The average molecular weight is 366 g/mol. The molecule has 2 atom stereocenters. The molecule has 0 radical (unpaired) electrons. The van der Waals surface area contributed by atoms with Crippen molar-refractivity contribution in [1.82, 2.24) is 14.8 Å². The molecular weight excluding hydrogens is 344 g/mol. The van der Waals surface area contributed by atoms with E-state index in [1.54, 1.807) is 11.1 Å². The van der Waals surface area contributed by atoms with Gasteiger partial charge in [-0.3, -0.25) is 4.98 Å². The number of nitrogens with zero attached hydrogens (tertiary/aromatic N) is 3. The molecule has 0 aliphatic carbocycles. The van der Waals surface area contributed by atoms with E-state index in [4.69, 9.17) is 4.74 Å². The molecule has 2 fully saturated rings. The fourth-order valence-corrected chi connectivity index (χ4v) is 3.95. The molecule has 2 bridgehead atoms. The second-order valence-electron chi connectivity index (χ2n) is 6.99. The molecule has 0 spiro atoms. The number of amides is 3. The Kier molecular flexibility index (Phi) is 4.43. The van der Waals surface area contributed by atoms with Crippen molar-refractivity contribution in [3.8, 4) is 11.3 Å². The summed E-state index contributed by atoms with van der Waals surface area (Å²) in [7, 11) is 1.38. The molecule has 2 aliphatic heterocycles. The molecule has 0 unspecified atom stereocenters. The number of carbonyl (C=O) groups excluding carboxylic acids is 2. The summed E-state index contributed by atoms with van der Waals surface area (Å²) < 4.78 is 4.81. The highest BCUT2D eigenvalue weighted by Gasteiger charge is 2.47. The number of methoxy groups -OCH3 is 1. The zero-order valence-corrected chi connectivity index (χ0v) is 15.4. The monoisotopic (exact) mass is 366 g/mol. The van der Waals surface area contributed by atoms with Crippen molar-refractivity contribution in [1.29, 1.82) is 0 Å². The van der Waals surface area contributed by atoms with Crippen LogP contribution < -0.4 is 5.32 Å². The van der Waals surface area contributed by atoms with Crippen LogP contribution in [0.4, 0.5) is 15.3 Å². The third-order valence-electron chi connectivity index (χ3n) is 5.34. The minimum atomic E-state index is -0.318. The normalized spacial score (nSPS) is 20.7. The van der Waals surface area contributed by atoms with Gasteiger partial charge < -0.3 is 19.9 Å². The SMILES string of the molecule is COC(=O)N1C[C@H]2C[C@@H]1CN2C(=O)Nc1ccc(C)c(-c2ccccn2)c1. The van der Waals surface area contributed by atoms with Crippen LogP contribution in [-0.2, 0) is 4.74 Å². The number of carbonyl (C=O) groups is 2. The zero-order valence-electron chi connectivity index (χ0n) is 15.4. The first kappa shape index (κ1) is 17.3. The predicted molar refractivity (Wildman–Crippen MR) is 101 cm³/mol. The summed E-state index contributed by atoms with van der Waals surface area (Å²) in [5, 5.41) is 2.99. The van der Waals surface area contributed by atoms with Crippen molar-refractivity contribution >= 4 is 17.8 Å². The maximum Gasteiger partial charge on any atom is 0.409 e. The van der Waals surface area contributed by atoms with E-state index in [1.807, 2.05) is 48.2 Å². The maximum atomic E-state index is 12.7. The van der Waals surface area contributed by atoms with Gasteiger partial charge >= 0.3 is 12.1 Å². The van der Waals surface area contributed by atoms with Gasteiger partial charge in [0, 0.05) is 30.5 Å². The molecule has 2 saturated heterocycles. The number of aromatic nitrogens is 1. The standard InChI is InChI=1S/C20H22N4O3/c1-13-6-7-14(9-17(13)18-5-3-4-8-21-18)22-19(25)23-11-16-10-15(23)12-24(16)20(26)27-2/h3-9,15-16H,10-12H2,1-2H3,(H,22,25)/t15-,16-/m1/s1. The Bertz CT molecular complexity index is 871. The lowest BCUT2D eigenvalue weighted by Gasteiger charge is -2.33. The number of fused-ring (bicyclic) bond motifs is 2. The number of piperazine rings is 1. The highest BCUT2D eigenvalue weighted by Crippen LogP contribution is 2.32. The number of urea groups is 1. The third kappa shape index (κ3) is 3.20. The number of aryl methyl sites for hydroxylation is 1. The van der Waals surface area contributed by atoms with Gasteiger partial charge in [0.2, 0.25) is 0 Å². The summed E-state index contributed by atoms with van der Waals surface area (Å²) in [4.78, 5) is 32.4. The second kappa shape index (κ2) is 6.90. The summed E-state index contributed by atoms with van der Waals surface area (Å²) in [5.41, 5.74) is 3.70. The van der Waals surface area contributed by atoms with Gasteiger partial charge in [-0.25, -0.2) is 9.59 Å². The largest absolute Gasteiger partial charge is 0.453 e. The van der Waals surface area contributed by atoms with E-state index in [0.29, 0.717) is 13.1 Å². The smallest absolute Gasteiger partial charge is 0.409 e. The second-order valence-corrected chi connectivity index (χ2v) is 6.99. The van der Waals surface area contributed by atoms with Crippen LogP contribution in [0.25, 0.3) is 11.3 Å². The van der Waals surface area contributed by atoms with Crippen LogP contribution in [0.5, 0.6) is 0 Å². The fourth-order valence-electron chi connectivity index (χ4n) is 3.95. The summed E-state index contributed by atoms with van der Waals surface area (Å²) in [5.74, 6) is 0. The molecule has 2 aliphatic rings. The Balaban J connectivity index is 1.46. The van der Waals surface area contributed by atoms with Gasteiger partial charge in [-0.2, -0.15) is 0 Å². The van der Waals surface area contributed by atoms with Gasteiger partial charge in [0.05, 0.1) is 24.9 Å². The average Bonchev–Trinajstić information content (AvgIpc) is 3.30. The van der Waals surface area contributed by atoms with Gasteiger partial charge in [0.15, 0.2) is 0 Å². The van der Waals surface area contributed by atoms with Crippen LogP contribution in [0, 0.1) is 6.92 Å². The number of ether oxygens (including phenoxy) is 1. The van der Waals surface area contributed by atoms with Crippen LogP contribution in [-0.4, -0.2) is 59.2 Å². The summed E-state index contributed by atoms with van der Waals surface area (Å²) in [6.45, 7) is 3.08. The lowest BCUT2D eigenvalue weighted by molar-refractivity contribution is 0.0967. The molecule has 0 saturated carbocycles. The Morgan fingerprint density at radius 2 is 1.93 bits per heavy atom. The van der Waals surface area contributed by atoms with Gasteiger partial charge in [0.1, 0.15) is 0 Å². The molecule has 3 heterocycles.